The molecule has 0 aliphatic carbocycles. The summed E-state index contributed by atoms with van der Waals surface area (Å²) >= 11 is 6.13. The molecule has 3 rings (SSSR count). The first-order valence-electron chi connectivity index (χ1n) is 8.41. The third-order valence-corrected chi connectivity index (χ3v) is 5.72. The molecule has 0 radical (unpaired) electrons. The van der Waals surface area contributed by atoms with E-state index in [0.29, 0.717) is 6.54 Å². The maximum Gasteiger partial charge on any atom is 0.261 e. The van der Waals surface area contributed by atoms with Crippen LogP contribution in [0.1, 0.15) is 21.5 Å². The first-order valence-corrected chi connectivity index (χ1v) is 10.3. The van der Waals surface area contributed by atoms with Crippen LogP contribution < -0.4 is 10.0 Å². The van der Waals surface area contributed by atoms with Crippen molar-refractivity contribution in [1.82, 2.24) is 10.3 Å². The Hall–Kier alpha value is -2.90. The predicted octanol–water partition coefficient (Wildman–Crippen LogP) is 3.77. The summed E-state index contributed by atoms with van der Waals surface area (Å²) in [5.41, 5.74) is 2.27. The molecule has 0 aliphatic heterocycles. The second-order valence-electron chi connectivity index (χ2n) is 6.15. The van der Waals surface area contributed by atoms with Gasteiger partial charge in [0.1, 0.15) is 0 Å². The Balaban J connectivity index is 1.77. The number of nitrogens with one attached hydrogen (secondary N) is 2. The van der Waals surface area contributed by atoms with E-state index in [1.54, 1.807) is 36.7 Å². The summed E-state index contributed by atoms with van der Waals surface area (Å²) < 4.78 is 27.6. The van der Waals surface area contributed by atoms with Gasteiger partial charge in [0, 0.05) is 24.6 Å². The Bertz CT molecular complexity index is 1090. The van der Waals surface area contributed by atoms with Crippen molar-refractivity contribution in [3.8, 4) is 0 Å². The third-order valence-electron chi connectivity index (χ3n) is 4.00. The minimum absolute atomic E-state index is 0.136. The summed E-state index contributed by atoms with van der Waals surface area (Å²) in [6, 6.07) is 14.5. The van der Waals surface area contributed by atoms with Gasteiger partial charge in [-0.05, 0) is 55.0 Å². The number of amides is 1. The van der Waals surface area contributed by atoms with E-state index in [1.165, 1.54) is 30.3 Å². The molecule has 0 aliphatic rings. The molecule has 0 saturated heterocycles. The molecule has 0 spiro atoms. The number of nitrogens with zero attached hydrogens (tertiary/aromatic N) is 1. The van der Waals surface area contributed by atoms with Crippen molar-refractivity contribution in [1.29, 1.82) is 0 Å². The minimum atomic E-state index is -3.77. The molecule has 3 aromatic rings. The van der Waals surface area contributed by atoms with Crippen LogP contribution >= 0.6 is 11.6 Å². The van der Waals surface area contributed by atoms with Crippen molar-refractivity contribution in [3.05, 3.63) is 88.7 Å². The number of aromatic nitrogens is 1. The second kappa shape index (κ2) is 8.41. The predicted molar refractivity (Wildman–Crippen MR) is 109 cm³/mol. The van der Waals surface area contributed by atoms with E-state index in [9.17, 15) is 13.2 Å². The number of benzene rings is 2. The number of hydrogen-bond donors (Lipinski definition) is 2. The highest BCUT2D eigenvalue weighted by atomic mass is 35.5. The molecular weight excluding hydrogens is 398 g/mol. The van der Waals surface area contributed by atoms with Crippen molar-refractivity contribution in [2.24, 2.45) is 0 Å². The Labute approximate surface area is 168 Å². The summed E-state index contributed by atoms with van der Waals surface area (Å²) in [6.45, 7) is 2.18. The van der Waals surface area contributed by atoms with Gasteiger partial charge in [-0.2, -0.15) is 0 Å². The lowest BCUT2D eigenvalue weighted by Gasteiger charge is -2.11. The largest absolute Gasteiger partial charge is 0.348 e. The fourth-order valence-electron chi connectivity index (χ4n) is 2.47. The molecule has 28 heavy (non-hydrogen) atoms. The molecule has 6 nitrogen and oxygen atoms in total. The van der Waals surface area contributed by atoms with E-state index in [-0.39, 0.29) is 21.2 Å². The number of aryl methyl sites for hydroxylation is 1. The topological polar surface area (TPSA) is 88.2 Å². The van der Waals surface area contributed by atoms with Gasteiger partial charge in [0.2, 0.25) is 0 Å². The van der Waals surface area contributed by atoms with Gasteiger partial charge in [-0.25, -0.2) is 8.42 Å². The number of rotatable bonds is 6. The van der Waals surface area contributed by atoms with Crippen molar-refractivity contribution in [2.75, 3.05) is 4.72 Å². The molecule has 1 heterocycles. The minimum Gasteiger partial charge on any atom is -0.348 e. The maximum absolute atomic E-state index is 12.5. The van der Waals surface area contributed by atoms with Crippen molar-refractivity contribution < 1.29 is 13.2 Å². The van der Waals surface area contributed by atoms with E-state index in [0.717, 1.165) is 11.1 Å². The molecule has 0 unspecified atom stereocenters. The molecular formula is C20H18ClN3O3S. The van der Waals surface area contributed by atoms with E-state index < -0.39 is 15.9 Å². The van der Waals surface area contributed by atoms with Gasteiger partial charge >= 0.3 is 0 Å². The summed E-state index contributed by atoms with van der Waals surface area (Å²) in [4.78, 5) is 16.5. The number of hydrogen-bond acceptors (Lipinski definition) is 4. The number of carbonyl (C=O) groups excluding carboxylic acids is 1. The van der Waals surface area contributed by atoms with Gasteiger partial charge in [-0.1, -0.05) is 29.3 Å². The molecule has 144 valence electrons. The molecule has 0 saturated carbocycles. The zero-order valence-corrected chi connectivity index (χ0v) is 16.6. The number of halogens is 1. The molecule has 1 aromatic heterocycles. The van der Waals surface area contributed by atoms with Gasteiger partial charge in [-0.15, -0.1) is 0 Å². The summed E-state index contributed by atoms with van der Waals surface area (Å²) in [5.74, 6) is -0.404. The fourth-order valence-corrected chi connectivity index (χ4v) is 3.73. The van der Waals surface area contributed by atoms with E-state index in [1.807, 2.05) is 6.92 Å². The monoisotopic (exact) mass is 415 g/mol. The smallest absolute Gasteiger partial charge is 0.261 e. The molecule has 0 bridgehead atoms. The van der Waals surface area contributed by atoms with Crippen LogP contribution in [0.4, 0.5) is 5.69 Å². The van der Waals surface area contributed by atoms with Crippen LogP contribution in [0.25, 0.3) is 0 Å². The average Bonchev–Trinajstić information content (AvgIpc) is 2.68. The number of anilines is 1. The second-order valence-corrected chi connectivity index (χ2v) is 8.24. The van der Waals surface area contributed by atoms with Crippen LogP contribution in [0.3, 0.4) is 0 Å². The molecule has 0 fully saturated rings. The van der Waals surface area contributed by atoms with Crippen molar-refractivity contribution in [2.45, 2.75) is 18.4 Å². The number of sulfonamides is 1. The molecule has 2 N–H and O–H groups in total. The van der Waals surface area contributed by atoms with Crippen LogP contribution in [0, 0.1) is 6.92 Å². The fraction of sp³-hybridized carbons (Fsp3) is 0.100. The highest BCUT2D eigenvalue weighted by Crippen LogP contribution is 2.23. The van der Waals surface area contributed by atoms with Crippen LogP contribution in [0.15, 0.2) is 71.9 Å². The van der Waals surface area contributed by atoms with Crippen molar-refractivity contribution in [3.63, 3.8) is 0 Å². The van der Waals surface area contributed by atoms with Crippen LogP contribution in [-0.4, -0.2) is 19.3 Å². The summed E-state index contributed by atoms with van der Waals surface area (Å²) in [6.07, 6.45) is 3.27. The normalized spacial score (nSPS) is 11.1. The highest BCUT2D eigenvalue weighted by molar-refractivity contribution is 7.92. The van der Waals surface area contributed by atoms with Crippen LogP contribution in [0.5, 0.6) is 0 Å². The SMILES string of the molecule is Cc1ccc(S(=O)(=O)Nc2ccc(Cl)c(C(=O)NCc3ccncc3)c2)cc1. The lowest BCUT2D eigenvalue weighted by molar-refractivity contribution is 0.0951. The Morgan fingerprint density at radius 1 is 1.04 bits per heavy atom. The average molecular weight is 416 g/mol. The molecule has 0 atom stereocenters. The van der Waals surface area contributed by atoms with Crippen LogP contribution in [0.2, 0.25) is 5.02 Å². The summed E-state index contributed by atoms with van der Waals surface area (Å²) in [7, 11) is -3.77. The standard InChI is InChI=1S/C20H18ClN3O3S/c1-14-2-5-17(6-3-14)28(26,27)24-16-4-7-19(21)18(12-16)20(25)23-13-15-8-10-22-11-9-15/h2-12,24H,13H2,1H3,(H,23,25). The highest BCUT2D eigenvalue weighted by Gasteiger charge is 2.16. The molecule has 2 aromatic carbocycles. The van der Waals surface area contributed by atoms with Crippen LogP contribution in [-0.2, 0) is 16.6 Å². The summed E-state index contributed by atoms with van der Waals surface area (Å²) in [5, 5.41) is 2.98. The lowest BCUT2D eigenvalue weighted by Crippen LogP contribution is -2.23. The van der Waals surface area contributed by atoms with Gasteiger partial charge in [0.05, 0.1) is 15.5 Å². The zero-order chi connectivity index (χ0) is 20.1. The van der Waals surface area contributed by atoms with Gasteiger partial charge in [0.15, 0.2) is 0 Å². The van der Waals surface area contributed by atoms with E-state index >= 15 is 0 Å². The Morgan fingerprint density at radius 2 is 1.71 bits per heavy atom. The maximum atomic E-state index is 12.5. The Morgan fingerprint density at radius 3 is 2.39 bits per heavy atom. The first-order chi connectivity index (χ1) is 13.3. The quantitative estimate of drug-likeness (QED) is 0.641. The number of pyridine rings is 1. The van der Waals surface area contributed by atoms with Gasteiger partial charge in [-0.3, -0.25) is 14.5 Å². The molecule has 1 amide bonds. The molecule has 8 heteroatoms. The van der Waals surface area contributed by atoms with E-state index in [2.05, 4.69) is 15.0 Å². The number of carbonyl (C=O) groups is 1. The van der Waals surface area contributed by atoms with Crippen molar-refractivity contribution >= 4 is 33.2 Å². The lowest BCUT2D eigenvalue weighted by atomic mass is 10.2. The first kappa shape index (κ1) is 19.9. The van der Waals surface area contributed by atoms with Gasteiger partial charge < -0.3 is 5.32 Å². The zero-order valence-electron chi connectivity index (χ0n) is 15.0. The van der Waals surface area contributed by atoms with Gasteiger partial charge in [0.25, 0.3) is 15.9 Å². The van der Waals surface area contributed by atoms with E-state index in [4.69, 9.17) is 11.6 Å². The Kier molecular flexibility index (Phi) is 5.96. The third kappa shape index (κ3) is 4.88.